The molecule has 0 bridgehead atoms. The summed E-state index contributed by atoms with van der Waals surface area (Å²) >= 11 is 0. The number of amides is 2. The van der Waals surface area contributed by atoms with Crippen LogP contribution in [0.2, 0.25) is 0 Å². The van der Waals surface area contributed by atoms with Gasteiger partial charge in [-0.15, -0.1) is 0 Å². The summed E-state index contributed by atoms with van der Waals surface area (Å²) in [6.45, 7) is 5.75. The van der Waals surface area contributed by atoms with E-state index in [1.807, 2.05) is 13.8 Å². The first-order valence-electron chi connectivity index (χ1n) is 9.31. The fourth-order valence-corrected chi connectivity index (χ4v) is 2.64. The number of methoxy groups -OCH3 is 2. The van der Waals surface area contributed by atoms with Crippen LogP contribution in [0.1, 0.15) is 39.2 Å². The second-order valence-corrected chi connectivity index (χ2v) is 6.97. The summed E-state index contributed by atoms with van der Waals surface area (Å²) in [5.74, 6) is -0.506. The number of Topliss-reactive ketones (excluding diaryl/α,β-unsaturated/α-hetero) is 1. The minimum absolute atomic E-state index is 0.120. The van der Waals surface area contributed by atoms with E-state index < -0.39 is 29.7 Å². The van der Waals surface area contributed by atoms with E-state index >= 15 is 0 Å². The van der Waals surface area contributed by atoms with Crippen molar-refractivity contribution in [2.75, 3.05) is 14.2 Å². The van der Waals surface area contributed by atoms with Crippen LogP contribution in [0.3, 0.4) is 0 Å². The van der Waals surface area contributed by atoms with E-state index in [1.165, 1.54) is 14.2 Å². The third-order valence-corrected chi connectivity index (χ3v) is 4.19. The quantitative estimate of drug-likeness (QED) is 0.485. The fraction of sp³-hybridized carbons (Fsp3) is 0.550. The van der Waals surface area contributed by atoms with Crippen LogP contribution in [0, 0.1) is 5.92 Å². The molecule has 1 rings (SSSR count). The summed E-state index contributed by atoms with van der Waals surface area (Å²) < 4.78 is 10.4. The van der Waals surface area contributed by atoms with Gasteiger partial charge in [0.05, 0.1) is 26.3 Å². The Hall–Kier alpha value is -2.61. The lowest BCUT2D eigenvalue weighted by Gasteiger charge is -2.19. The Bertz CT molecular complexity index is 668. The number of carbonyl (C=O) groups is 3. The van der Waals surface area contributed by atoms with Crippen LogP contribution >= 0.6 is 0 Å². The normalized spacial score (nSPS) is 12.8. The van der Waals surface area contributed by atoms with Crippen molar-refractivity contribution in [2.24, 2.45) is 11.7 Å². The molecule has 4 N–H and O–H groups in total. The van der Waals surface area contributed by atoms with Gasteiger partial charge in [-0.1, -0.05) is 20.8 Å². The number of carbonyl (C=O) groups excluding carboxylic acids is 3. The Morgan fingerprint density at radius 1 is 1.07 bits per heavy atom. The van der Waals surface area contributed by atoms with Crippen molar-refractivity contribution in [1.29, 1.82) is 0 Å². The molecule has 8 nitrogen and oxygen atoms in total. The van der Waals surface area contributed by atoms with E-state index in [9.17, 15) is 14.4 Å². The summed E-state index contributed by atoms with van der Waals surface area (Å²) in [6.07, 6.45) is 0.791. The third kappa shape index (κ3) is 7.19. The molecule has 0 spiro atoms. The molecule has 1 unspecified atom stereocenters. The molecule has 8 heteroatoms. The Morgan fingerprint density at radius 2 is 1.64 bits per heavy atom. The molecule has 0 fully saturated rings. The molecule has 28 heavy (non-hydrogen) atoms. The van der Waals surface area contributed by atoms with Gasteiger partial charge in [-0.2, -0.15) is 0 Å². The zero-order valence-corrected chi connectivity index (χ0v) is 17.2. The van der Waals surface area contributed by atoms with Crippen LogP contribution in [0.15, 0.2) is 18.2 Å². The maximum absolute atomic E-state index is 12.4. The summed E-state index contributed by atoms with van der Waals surface area (Å²) in [6, 6.07) is 3.55. The van der Waals surface area contributed by atoms with E-state index in [1.54, 1.807) is 25.1 Å². The predicted octanol–water partition coefficient (Wildman–Crippen LogP) is 1.16. The second-order valence-electron chi connectivity index (χ2n) is 6.97. The first kappa shape index (κ1) is 23.4. The van der Waals surface area contributed by atoms with Crippen LogP contribution < -0.4 is 25.8 Å². The number of nitrogens with two attached hydrogens (primary N) is 1. The Kier molecular flexibility index (Phi) is 9.44. The lowest BCUT2D eigenvalue weighted by atomic mass is 10.0. The molecule has 0 radical (unpaired) electrons. The second kappa shape index (κ2) is 11.3. The first-order chi connectivity index (χ1) is 13.2. The number of hydrogen-bond donors (Lipinski definition) is 3. The fourth-order valence-electron chi connectivity index (χ4n) is 2.64. The molecular formula is C20H31N3O5. The SMILES string of the molecule is CCC(NC(=O)[C@@H](N)CC(C)C)C(=O)C(=O)NCc1cc(OC)cc(OC)c1. The zero-order chi connectivity index (χ0) is 21.3. The molecule has 156 valence electrons. The van der Waals surface area contributed by atoms with Gasteiger partial charge in [-0.25, -0.2) is 0 Å². The van der Waals surface area contributed by atoms with Crippen molar-refractivity contribution in [2.45, 2.75) is 52.2 Å². The number of ether oxygens (including phenoxy) is 2. The maximum atomic E-state index is 12.4. The molecule has 0 saturated heterocycles. The van der Waals surface area contributed by atoms with Gasteiger partial charge in [-0.3, -0.25) is 14.4 Å². The minimum Gasteiger partial charge on any atom is -0.497 e. The van der Waals surface area contributed by atoms with Gasteiger partial charge < -0.3 is 25.8 Å². The molecule has 1 aromatic carbocycles. The highest BCUT2D eigenvalue weighted by Crippen LogP contribution is 2.22. The van der Waals surface area contributed by atoms with Crippen LogP contribution in [0.4, 0.5) is 0 Å². The molecule has 0 saturated carbocycles. The first-order valence-corrected chi connectivity index (χ1v) is 9.31. The number of benzene rings is 1. The van der Waals surface area contributed by atoms with Crippen molar-refractivity contribution in [3.05, 3.63) is 23.8 Å². The molecule has 0 aromatic heterocycles. The van der Waals surface area contributed by atoms with E-state index in [0.717, 1.165) is 0 Å². The predicted molar refractivity (Wildman–Crippen MR) is 106 cm³/mol. The lowest BCUT2D eigenvalue weighted by Crippen LogP contribution is -2.51. The molecule has 0 aliphatic heterocycles. The van der Waals surface area contributed by atoms with Gasteiger partial charge in [0.25, 0.3) is 5.91 Å². The molecular weight excluding hydrogens is 362 g/mol. The van der Waals surface area contributed by atoms with E-state index in [2.05, 4.69) is 10.6 Å². The van der Waals surface area contributed by atoms with Gasteiger partial charge in [0.2, 0.25) is 11.7 Å². The molecule has 2 atom stereocenters. The number of hydrogen-bond acceptors (Lipinski definition) is 6. The largest absolute Gasteiger partial charge is 0.497 e. The van der Waals surface area contributed by atoms with Crippen LogP contribution in [0.5, 0.6) is 11.5 Å². The van der Waals surface area contributed by atoms with Crippen LogP contribution in [-0.2, 0) is 20.9 Å². The van der Waals surface area contributed by atoms with Crippen molar-refractivity contribution in [3.63, 3.8) is 0 Å². The highest BCUT2D eigenvalue weighted by Gasteiger charge is 2.27. The molecule has 0 heterocycles. The van der Waals surface area contributed by atoms with Crippen molar-refractivity contribution < 1.29 is 23.9 Å². The Balaban J connectivity index is 2.69. The summed E-state index contributed by atoms with van der Waals surface area (Å²) in [7, 11) is 3.05. The van der Waals surface area contributed by atoms with E-state index in [0.29, 0.717) is 29.9 Å². The average molecular weight is 393 g/mol. The van der Waals surface area contributed by atoms with Crippen LogP contribution in [-0.4, -0.2) is 43.9 Å². The smallest absolute Gasteiger partial charge is 0.289 e. The molecule has 0 aliphatic carbocycles. The van der Waals surface area contributed by atoms with Crippen LogP contribution in [0.25, 0.3) is 0 Å². The summed E-state index contributed by atoms with van der Waals surface area (Å²) in [5, 5.41) is 5.14. The Labute approximate surface area is 166 Å². The highest BCUT2D eigenvalue weighted by atomic mass is 16.5. The van der Waals surface area contributed by atoms with Gasteiger partial charge >= 0.3 is 0 Å². The van der Waals surface area contributed by atoms with E-state index in [4.69, 9.17) is 15.2 Å². The monoisotopic (exact) mass is 393 g/mol. The lowest BCUT2D eigenvalue weighted by molar-refractivity contribution is -0.140. The maximum Gasteiger partial charge on any atom is 0.289 e. The van der Waals surface area contributed by atoms with Gasteiger partial charge in [-0.05, 0) is 36.5 Å². The minimum atomic E-state index is -0.912. The number of ketones is 1. The van der Waals surface area contributed by atoms with Gasteiger partial charge in [0.15, 0.2) is 0 Å². The van der Waals surface area contributed by atoms with Gasteiger partial charge in [0, 0.05) is 12.6 Å². The van der Waals surface area contributed by atoms with Crippen molar-refractivity contribution in [1.82, 2.24) is 10.6 Å². The highest BCUT2D eigenvalue weighted by molar-refractivity contribution is 6.38. The van der Waals surface area contributed by atoms with E-state index in [-0.39, 0.29) is 12.5 Å². The van der Waals surface area contributed by atoms with Gasteiger partial charge in [0.1, 0.15) is 11.5 Å². The molecule has 1 aromatic rings. The average Bonchev–Trinajstić information content (AvgIpc) is 2.68. The number of rotatable bonds is 11. The molecule has 2 amide bonds. The standard InChI is InChI=1S/C20H31N3O5/c1-6-17(23-19(25)16(21)7-12(2)3)18(24)20(26)22-11-13-8-14(27-4)10-15(9-13)28-5/h8-10,12,16-17H,6-7,11,21H2,1-5H3,(H,22,26)(H,23,25)/t16-,17?/m0/s1. The molecule has 0 aliphatic rings. The third-order valence-electron chi connectivity index (χ3n) is 4.19. The summed E-state index contributed by atoms with van der Waals surface area (Å²) in [5.41, 5.74) is 6.56. The topological polar surface area (TPSA) is 120 Å². The summed E-state index contributed by atoms with van der Waals surface area (Å²) in [4.78, 5) is 36.8. The Morgan fingerprint density at radius 3 is 2.11 bits per heavy atom. The zero-order valence-electron chi connectivity index (χ0n) is 17.2. The van der Waals surface area contributed by atoms with Crippen molar-refractivity contribution in [3.8, 4) is 11.5 Å². The number of nitrogens with one attached hydrogen (secondary N) is 2. The van der Waals surface area contributed by atoms with Crippen molar-refractivity contribution >= 4 is 17.6 Å².